The van der Waals surface area contributed by atoms with Gasteiger partial charge in [-0.15, -0.1) is 0 Å². The quantitative estimate of drug-likeness (QED) is 0.846. The maximum atomic E-state index is 13.0. The molecule has 1 aliphatic heterocycles. The Balaban J connectivity index is 2.40. The normalized spacial score (nSPS) is 22.5. The molecule has 0 bridgehead atoms. The van der Waals surface area contributed by atoms with Gasteiger partial charge in [0.1, 0.15) is 10.6 Å². The summed E-state index contributed by atoms with van der Waals surface area (Å²) in [4.78, 5) is 0.0494. The van der Waals surface area contributed by atoms with E-state index in [2.05, 4.69) is 0 Å². The molecule has 2 rings (SSSR count). The fourth-order valence-electron chi connectivity index (χ4n) is 2.81. The number of piperidine rings is 1. The zero-order valence-corrected chi connectivity index (χ0v) is 14.0. The fourth-order valence-corrected chi connectivity index (χ4v) is 4.61. The summed E-state index contributed by atoms with van der Waals surface area (Å²) < 4.78 is 37.9. The first kappa shape index (κ1) is 17.7. The van der Waals surface area contributed by atoms with Gasteiger partial charge < -0.3 is 15.2 Å². The van der Waals surface area contributed by atoms with Crippen molar-refractivity contribution in [2.75, 3.05) is 27.3 Å². The molecule has 0 spiro atoms. The molecule has 1 aromatic rings. The SMILES string of the molecule is COc1cc(C#N)ccc1S(=O)(=O)N1CCC(OC)CC1CN. The number of rotatable bonds is 5. The van der Waals surface area contributed by atoms with Crippen molar-refractivity contribution in [2.24, 2.45) is 5.73 Å². The van der Waals surface area contributed by atoms with E-state index >= 15 is 0 Å². The number of benzene rings is 1. The van der Waals surface area contributed by atoms with E-state index in [9.17, 15) is 8.42 Å². The second-order valence-corrected chi connectivity index (χ2v) is 7.22. The Bertz CT molecular complexity index is 699. The van der Waals surface area contributed by atoms with E-state index in [1.807, 2.05) is 6.07 Å². The molecular weight excluding hydrogens is 318 g/mol. The predicted octanol–water partition coefficient (Wildman–Crippen LogP) is 0.694. The predicted molar refractivity (Wildman–Crippen MR) is 84.5 cm³/mol. The van der Waals surface area contributed by atoms with Gasteiger partial charge in [-0.1, -0.05) is 0 Å². The van der Waals surface area contributed by atoms with E-state index in [1.165, 1.54) is 29.6 Å². The molecule has 0 radical (unpaired) electrons. The molecule has 0 aliphatic carbocycles. The number of hydrogen-bond donors (Lipinski definition) is 1. The second kappa shape index (κ2) is 7.27. The van der Waals surface area contributed by atoms with Gasteiger partial charge in [0.2, 0.25) is 10.0 Å². The zero-order valence-electron chi connectivity index (χ0n) is 13.2. The van der Waals surface area contributed by atoms with Crippen LogP contribution < -0.4 is 10.5 Å². The van der Waals surface area contributed by atoms with Crippen LogP contribution in [0.4, 0.5) is 0 Å². The molecule has 0 saturated carbocycles. The van der Waals surface area contributed by atoms with Gasteiger partial charge in [0, 0.05) is 26.2 Å². The maximum absolute atomic E-state index is 13.0. The lowest BCUT2D eigenvalue weighted by Crippen LogP contribution is -2.51. The summed E-state index contributed by atoms with van der Waals surface area (Å²) in [5, 5.41) is 8.94. The van der Waals surface area contributed by atoms with Crippen molar-refractivity contribution in [1.29, 1.82) is 5.26 Å². The van der Waals surface area contributed by atoms with Gasteiger partial charge in [0.25, 0.3) is 0 Å². The third kappa shape index (κ3) is 3.48. The molecule has 0 aromatic heterocycles. The molecule has 2 N–H and O–H groups in total. The average Bonchev–Trinajstić information content (AvgIpc) is 2.60. The van der Waals surface area contributed by atoms with Crippen molar-refractivity contribution in [3.8, 4) is 11.8 Å². The van der Waals surface area contributed by atoms with Crippen LogP contribution in [0.15, 0.2) is 23.1 Å². The molecule has 7 nitrogen and oxygen atoms in total. The van der Waals surface area contributed by atoms with Crippen molar-refractivity contribution in [3.63, 3.8) is 0 Å². The molecular formula is C15H21N3O4S. The monoisotopic (exact) mass is 339 g/mol. The number of sulfonamides is 1. The first-order chi connectivity index (χ1) is 11.0. The Morgan fingerprint density at radius 2 is 2.17 bits per heavy atom. The molecule has 2 atom stereocenters. The summed E-state index contributed by atoms with van der Waals surface area (Å²) in [6, 6.07) is 5.94. The van der Waals surface area contributed by atoms with E-state index in [4.69, 9.17) is 20.5 Å². The number of nitriles is 1. The number of nitrogens with two attached hydrogens (primary N) is 1. The van der Waals surface area contributed by atoms with Crippen molar-refractivity contribution < 1.29 is 17.9 Å². The third-order valence-electron chi connectivity index (χ3n) is 4.10. The van der Waals surface area contributed by atoms with Gasteiger partial charge in [-0.3, -0.25) is 0 Å². The Labute approximate surface area is 136 Å². The van der Waals surface area contributed by atoms with Crippen molar-refractivity contribution in [3.05, 3.63) is 23.8 Å². The van der Waals surface area contributed by atoms with Gasteiger partial charge in [-0.25, -0.2) is 8.42 Å². The minimum absolute atomic E-state index is 0.0119. The molecule has 1 aliphatic rings. The smallest absolute Gasteiger partial charge is 0.247 e. The lowest BCUT2D eigenvalue weighted by molar-refractivity contribution is 0.0401. The summed E-state index contributed by atoms with van der Waals surface area (Å²) >= 11 is 0. The molecule has 126 valence electrons. The van der Waals surface area contributed by atoms with Crippen molar-refractivity contribution in [1.82, 2.24) is 4.31 Å². The van der Waals surface area contributed by atoms with Crippen molar-refractivity contribution in [2.45, 2.75) is 29.9 Å². The van der Waals surface area contributed by atoms with Crippen LogP contribution in [0.1, 0.15) is 18.4 Å². The van der Waals surface area contributed by atoms with Crippen molar-refractivity contribution >= 4 is 10.0 Å². The molecule has 1 saturated heterocycles. The van der Waals surface area contributed by atoms with Crippen LogP contribution in [0.5, 0.6) is 5.75 Å². The lowest BCUT2D eigenvalue weighted by Gasteiger charge is -2.37. The fraction of sp³-hybridized carbons (Fsp3) is 0.533. The highest BCUT2D eigenvalue weighted by atomic mass is 32.2. The molecule has 1 heterocycles. The van der Waals surface area contributed by atoms with Crippen LogP contribution in [0.3, 0.4) is 0 Å². The first-order valence-electron chi connectivity index (χ1n) is 7.30. The summed E-state index contributed by atoms with van der Waals surface area (Å²) in [7, 11) is -0.760. The molecule has 8 heteroatoms. The largest absolute Gasteiger partial charge is 0.495 e. The van der Waals surface area contributed by atoms with Crippen LogP contribution in [0.25, 0.3) is 0 Å². The summed E-state index contributed by atoms with van der Waals surface area (Å²) in [5.74, 6) is 0.161. The van der Waals surface area contributed by atoms with Gasteiger partial charge in [0.15, 0.2) is 0 Å². The van der Waals surface area contributed by atoms with Crippen LogP contribution in [0, 0.1) is 11.3 Å². The highest BCUT2D eigenvalue weighted by Crippen LogP contribution is 2.31. The highest BCUT2D eigenvalue weighted by molar-refractivity contribution is 7.89. The minimum Gasteiger partial charge on any atom is -0.495 e. The summed E-state index contributed by atoms with van der Waals surface area (Å²) in [6.45, 7) is 0.559. The van der Waals surface area contributed by atoms with E-state index < -0.39 is 10.0 Å². The molecule has 2 unspecified atom stereocenters. The lowest BCUT2D eigenvalue weighted by atomic mass is 10.0. The minimum atomic E-state index is -3.76. The second-order valence-electron chi connectivity index (χ2n) is 5.36. The van der Waals surface area contributed by atoms with E-state index in [-0.39, 0.29) is 29.3 Å². The standard InChI is InChI=1S/C15H21N3O4S/c1-21-13-5-6-18(12(8-13)10-17)23(19,20)15-4-3-11(9-16)7-14(15)22-2/h3-4,7,12-13H,5-6,8,10,17H2,1-2H3. The third-order valence-corrected chi connectivity index (χ3v) is 6.09. The van der Waals surface area contributed by atoms with Crippen LogP contribution in [0.2, 0.25) is 0 Å². The maximum Gasteiger partial charge on any atom is 0.247 e. The van der Waals surface area contributed by atoms with Gasteiger partial charge in [-0.2, -0.15) is 9.57 Å². The molecule has 23 heavy (non-hydrogen) atoms. The van der Waals surface area contributed by atoms with E-state index in [0.29, 0.717) is 24.9 Å². The molecule has 0 amide bonds. The Morgan fingerprint density at radius 1 is 1.43 bits per heavy atom. The van der Waals surface area contributed by atoms with Gasteiger partial charge in [0.05, 0.1) is 24.8 Å². The number of methoxy groups -OCH3 is 2. The topological polar surface area (TPSA) is 106 Å². The number of ether oxygens (including phenoxy) is 2. The number of hydrogen-bond acceptors (Lipinski definition) is 6. The van der Waals surface area contributed by atoms with Crippen LogP contribution in [-0.4, -0.2) is 52.2 Å². The van der Waals surface area contributed by atoms with Gasteiger partial charge in [-0.05, 0) is 31.0 Å². The highest BCUT2D eigenvalue weighted by Gasteiger charge is 2.37. The van der Waals surface area contributed by atoms with Crippen LogP contribution in [-0.2, 0) is 14.8 Å². The zero-order chi connectivity index (χ0) is 17.0. The summed E-state index contributed by atoms with van der Waals surface area (Å²) in [5.41, 5.74) is 6.11. The van der Waals surface area contributed by atoms with Crippen LogP contribution >= 0.6 is 0 Å². The summed E-state index contributed by atoms with van der Waals surface area (Å²) in [6.07, 6.45) is 1.19. The Morgan fingerprint density at radius 3 is 2.74 bits per heavy atom. The molecule has 1 fully saturated rings. The number of nitrogens with zero attached hydrogens (tertiary/aromatic N) is 2. The van der Waals surface area contributed by atoms with E-state index in [0.717, 1.165) is 0 Å². The van der Waals surface area contributed by atoms with Gasteiger partial charge >= 0.3 is 0 Å². The first-order valence-corrected chi connectivity index (χ1v) is 8.74. The van der Waals surface area contributed by atoms with E-state index in [1.54, 1.807) is 7.11 Å². The molecule has 1 aromatic carbocycles. The Kier molecular flexibility index (Phi) is 5.59. The average molecular weight is 339 g/mol. The Hall–Kier alpha value is -1.66.